The van der Waals surface area contributed by atoms with E-state index in [1.807, 2.05) is 24.3 Å². The molecule has 0 aliphatic rings. The van der Waals surface area contributed by atoms with Crippen LogP contribution in [0.25, 0.3) is 0 Å². The maximum absolute atomic E-state index is 11.4. The molecule has 0 atom stereocenters. The van der Waals surface area contributed by atoms with Gasteiger partial charge in [-0.3, -0.25) is 0 Å². The first-order valence-electron chi connectivity index (χ1n) is 5.59. The Morgan fingerprint density at radius 2 is 2.11 bits per heavy atom. The van der Waals surface area contributed by atoms with Crippen LogP contribution in [0.4, 0.5) is 0 Å². The van der Waals surface area contributed by atoms with Crippen molar-refractivity contribution in [3.8, 4) is 11.8 Å². The van der Waals surface area contributed by atoms with Gasteiger partial charge < -0.3 is 5.73 Å². The minimum atomic E-state index is -3.42. The highest BCUT2D eigenvalue weighted by atomic mass is 32.2. The van der Waals surface area contributed by atoms with E-state index in [1.165, 1.54) is 0 Å². The monoisotopic (exact) mass is 267 g/mol. The summed E-state index contributed by atoms with van der Waals surface area (Å²) in [5.41, 5.74) is 6.96. The van der Waals surface area contributed by atoms with E-state index >= 15 is 0 Å². The zero-order valence-corrected chi connectivity index (χ0v) is 11.0. The second kappa shape index (κ2) is 7.13. The molecule has 0 aliphatic heterocycles. The first-order valence-corrected chi connectivity index (χ1v) is 7.08. The molecule has 0 heterocycles. The van der Waals surface area contributed by atoms with Crippen LogP contribution < -0.4 is 15.2 Å². The molecule has 1 rings (SSSR count). The molecular formula is C12H17N3O2S. The molecule has 4 N–H and O–H groups in total. The highest BCUT2D eigenvalue weighted by Crippen LogP contribution is 2.04. The largest absolute Gasteiger partial charge is 0.320 e. The molecule has 0 bridgehead atoms. The van der Waals surface area contributed by atoms with E-state index in [1.54, 1.807) is 6.92 Å². The Morgan fingerprint density at radius 3 is 2.78 bits per heavy atom. The minimum absolute atomic E-state index is 0.230. The first kappa shape index (κ1) is 14.7. The van der Waals surface area contributed by atoms with Gasteiger partial charge in [0.15, 0.2) is 0 Å². The standard InChI is InChI=1S/C12H17N3O2S/c1-2-14-18(16,17)15-10-12-6-3-5-11(9-12)7-4-8-13/h3,5-6,9,14-15H,2,8,10,13H2,1H3. The Bertz CT molecular complexity index is 544. The van der Waals surface area contributed by atoms with E-state index in [2.05, 4.69) is 21.3 Å². The van der Waals surface area contributed by atoms with Gasteiger partial charge in [0.25, 0.3) is 10.2 Å². The van der Waals surface area contributed by atoms with Gasteiger partial charge in [0.1, 0.15) is 0 Å². The lowest BCUT2D eigenvalue weighted by Crippen LogP contribution is -2.35. The van der Waals surface area contributed by atoms with Crippen LogP contribution >= 0.6 is 0 Å². The maximum Gasteiger partial charge on any atom is 0.277 e. The van der Waals surface area contributed by atoms with Crippen LogP contribution in [0.3, 0.4) is 0 Å². The van der Waals surface area contributed by atoms with Gasteiger partial charge in [-0.25, -0.2) is 4.72 Å². The summed E-state index contributed by atoms with van der Waals surface area (Å²) in [7, 11) is -3.42. The van der Waals surface area contributed by atoms with Gasteiger partial charge >= 0.3 is 0 Å². The zero-order chi connectivity index (χ0) is 13.4. The Hall–Kier alpha value is -1.39. The van der Waals surface area contributed by atoms with Gasteiger partial charge in [-0.05, 0) is 17.7 Å². The molecule has 1 aromatic carbocycles. The Balaban J connectivity index is 2.68. The molecule has 5 nitrogen and oxygen atoms in total. The van der Waals surface area contributed by atoms with Crippen molar-refractivity contribution < 1.29 is 8.42 Å². The number of nitrogens with two attached hydrogens (primary N) is 1. The minimum Gasteiger partial charge on any atom is -0.320 e. The third kappa shape index (κ3) is 5.29. The lowest BCUT2D eigenvalue weighted by Gasteiger charge is -2.06. The summed E-state index contributed by atoms with van der Waals surface area (Å²) >= 11 is 0. The normalized spacial score (nSPS) is 10.8. The lowest BCUT2D eigenvalue weighted by molar-refractivity contribution is 0.568. The van der Waals surface area contributed by atoms with Gasteiger partial charge in [-0.2, -0.15) is 13.1 Å². The molecule has 0 unspecified atom stereocenters. The summed E-state index contributed by atoms with van der Waals surface area (Å²) in [6.45, 7) is 2.62. The number of rotatable bonds is 5. The average molecular weight is 267 g/mol. The zero-order valence-electron chi connectivity index (χ0n) is 10.2. The average Bonchev–Trinajstić information content (AvgIpc) is 2.35. The molecule has 18 heavy (non-hydrogen) atoms. The fourth-order valence-corrected chi connectivity index (χ4v) is 2.17. The van der Waals surface area contributed by atoms with E-state index in [9.17, 15) is 8.42 Å². The van der Waals surface area contributed by atoms with E-state index in [4.69, 9.17) is 5.73 Å². The SMILES string of the molecule is CCNS(=O)(=O)NCc1cccc(C#CCN)c1. The molecule has 0 spiro atoms. The van der Waals surface area contributed by atoms with Crippen LogP contribution in [-0.4, -0.2) is 21.5 Å². The van der Waals surface area contributed by atoms with Crippen molar-refractivity contribution in [1.82, 2.24) is 9.44 Å². The van der Waals surface area contributed by atoms with E-state index in [-0.39, 0.29) is 6.54 Å². The highest BCUT2D eigenvalue weighted by molar-refractivity contribution is 7.87. The van der Waals surface area contributed by atoms with Crippen molar-refractivity contribution in [3.63, 3.8) is 0 Å². The van der Waals surface area contributed by atoms with E-state index in [0.717, 1.165) is 11.1 Å². The summed E-state index contributed by atoms with van der Waals surface area (Å²) in [6.07, 6.45) is 0. The van der Waals surface area contributed by atoms with Crippen LogP contribution in [-0.2, 0) is 16.8 Å². The van der Waals surface area contributed by atoms with Crippen molar-refractivity contribution in [3.05, 3.63) is 35.4 Å². The smallest absolute Gasteiger partial charge is 0.277 e. The Morgan fingerprint density at radius 1 is 1.33 bits per heavy atom. The molecule has 6 heteroatoms. The Labute approximate surface area is 108 Å². The number of hydrogen-bond acceptors (Lipinski definition) is 3. The molecular weight excluding hydrogens is 250 g/mol. The quantitative estimate of drug-likeness (QED) is 0.654. The second-order valence-corrected chi connectivity index (χ2v) is 5.11. The van der Waals surface area contributed by atoms with Gasteiger partial charge in [0, 0.05) is 18.7 Å². The van der Waals surface area contributed by atoms with Gasteiger partial charge in [0.05, 0.1) is 6.54 Å². The summed E-state index contributed by atoms with van der Waals surface area (Å²) in [4.78, 5) is 0. The second-order valence-electron chi connectivity index (χ2n) is 3.53. The summed E-state index contributed by atoms with van der Waals surface area (Å²) in [6, 6.07) is 7.35. The third-order valence-corrected chi connectivity index (χ3v) is 3.26. The summed E-state index contributed by atoms with van der Waals surface area (Å²) < 4.78 is 27.6. The topological polar surface area (TPSA) is 84.2 Å². The third-order valence-electron chi connectivity index (χ3n) is 2.06. The summed E-state index contributed by atoms with van der Waals surface area (Å²) in [5.74, 6) is 5.65. The van der Waals surface area contributed by atoms with Crippen LogP contribution in [0.2, 0.25) is 0 Å². The van der Waals surface area contributed by atoms with Gasteiger partial charge in [0.2, 0.25) is 0 Å². The predicted octanol–water partition coefficient (Wildman–Crippen LogP) is -0.0593. The molecule has 0 radical (unpaired) electrons. The molecule has 98 valence electrons. The van der Waals surface area contributed by atoms with Crippen LogP contribution in [0.5, 0.6) is 0 Å². The van der Waals surface area contributed by atoms with Crippen molar-refractivity contribution in [2.75, 3.05) is 13.1 Å². The fourth-order valence-electron chi connectivity index (χ4n) is 1.33. The molecule has 0 fully saturated rings. The van der Waals surface area contributed by atoms with Gasteiger partial charge in [-0.1, -0.05) is 30.9 Å². The predicted molar refractivity (Wildman–Crippen MR) is 71.8 cm³/mol. The van der Waals surface area contributed by atoms with E-state index < -0.39 is 10.2 Å². The number of benzene rings is 1. The fraction of sp³-hybridized carbons (Fsp3) is 0.333. The molecule has 1 aromatic rings. The van der Waals surface area contributed by atoms with Crippen molar-refractivity contribution >= 4 is 10.2 Å². The van der Waals surface area contributed by atoms with Gasteiger partial charge in [-0.15, -0.1) is 0 Å². The number of hydrogen-bond donors (Lipinski definition) is 3. The van der Waals surface area contributed by atoms with Crippen molar-refractivity contribution in [1.29, 1.82) is 0 Å². The summed E-state index contributed by atoms with van der Waals surface area (Å²) in [5, 5.41) is 0. The molecule has 0 saturated heterocycles. The first-order chi connectivity index (χ1) is 8.57. The number of nitrogens with one attached hydrogen (secondary N) is 2. The highest BCUT2D eigenvalue weighted by Gasteiger charge is 2.06. The Kier molecular flexibility index (Phi) is 5.82. The molecule has 0 aliphatic carbocycles. The van der Waals surface area contributed by atoms with Crippen LogP contribution in [0, 0.1) is 11.8 Å². The molecule has 0 saturated carbocycles. The van der Waals surface area contributed by atoms with Crippen LogP contribution in [0.1, 0.15) is 18.1 Å². The van der Waals surface area contributed by atoms with E-state index in [0.29, 0.717) is 13.1 Å². The van der Waals surface area contributed by atoms with Crippen molar-refractivity contribution in [2.24, 2.45) is 5.73 Å². The molecule has 0 amide bonds. The van der Waals surface area contributed by atoms with Crippen molar-refractivity contribution in [2.45, 2.75) is 13.5 Å². The molecule has 0 aromatic heterocycles. The lowest BCUT2D eigenvalue weighted by atomic mass is 10.1. The maximum atomic E-state index is 11.4. The van der Waals surface area contributed by atoms with Crippen LogP contribution in [0.15, 0.2) is 24.3 Å².